The number of carbonyl (C=O) groups is 1. The first-order valence-corrected chi connectivity index (χ1v) is 4.43. The average Bonchev–Trinajstić information content (AvgIpc) is 2.60. The van der Waals surface area contributed by atoms with E-state index in [2.05, 4.69) is 6.07 Å². The van der Waals surface area contributed by atoms with Gasteiger partial charge in [-0.1, -0.05) is 0 Å². The van der Waals surface area contributed by atoms with Crippen molar-refractivity contribution in [3.05, 3.63) is 0 Å². The van der Waals surface area contributed by atoms with Crippen molar-refractivity contribution in [2.45, 2.75) is 39.7 Å². The van der Waals surface area contributed by atoms with E-state index in [0.717, 1.165) is 0 Å². The van der Waals surface area contributed by atoms with Crippen molar-refractivity contribution in [1.29, 1.82) is 5.26 Å². The van der Waals surface area contributed by atoms with Gasteiger partial charge in [0.2, 0.25) is 0 Å². The standard InChI is InChI=1S/C10H15NO2/c1-9(2,3)13-8(12)7-5-10(7,4)6-11/h7H,5H2,1-4H3/t7-,10-/m1/s1. The molecule has 1 fully saturated rings. The Morgan fingerprint density at radius 2 is 2.15 bits per heavy atom. The molecule has 0 spiro atoms. The molecule has 0 radical (unpaired) electrons. The summed E-state index contributed by atoms with van der Waals surface area (Å²) in [4.78, 5) is 11.4. The molecule has 3 heteroatoms. The van der Waals surface area contributed by atoms with Gasteiger partial charge in [-0.3, -0.25) is 4.79 Å². The molecule has 0 saturated heterocycles. The van der Waals surface area contributed by atoms with E-state index in [1.54, 1.807) is 6.92 Å². The van der Waals surface area contributed by atoms with E-state index in [-0.39, 0.29) is 11.9 Å². The van der Waals surface area contributed by atoms with Crippen LogP contribution in [0.5, 0.6) is 0 Å². The molecule has 0 aromatic carbocycles. The van der Waals surface area contributed by atoms with Crippen molar-refractivity contribution < 1.29 is 9.53 Å². The Kier molecular flexibility index (Phi) is 2.11. The zero-order valence-electron chi connectivity index (χ0n) is 8.55. The quantitative estimate of drug-likeness (QED) is 0.580. The predicted molar refractivity (Wildman–Crippen MR) is 47.7 cm³/mol. The Morgan fingerprint density at radius 3 is 2.46 bits per heavy atom. The number of ether oxygens (including phenoxy) is 1. The average molecular weight is 181 g/mol. The van der Waals surface area contributed by atoms with Crippen molar-refractivity contribution in [1.82, 2.24) is 0 Å². The summed E-state index contributed by atoms with van der Waals surface area (Å²) < 4.78 is 5.17. The summed E-state index contributed by atoms with van der Waals surface area (Å²) in [6, 6.07) is 2.13. The molecule has 0 heterocycles. The number of hydrogen-bond acceptors (Lipinski definition) is 3. The maximum Gasteiger partial charge on any atom is 0.311 e. The van der Waals surface area contributed by atoms with E-state index in [1.165, 1.54) is 0 Å². The van der Waals surface area contributed by atoms with Gasteiger partial charge in [0.1, 0.15) is 5.60 Å². The Hall–Kier alpha value is -1.04. The van der Waals surface area contributed by atoms with E-state index in [0.29, 0.717) is 6.42 Å². The lowest BCUT2D eigenvalue weighted by Gasteiger charge is -2.19. The van der Waals surface area contributed by atoms with Crippen molar-refractivity contribution in [3.63, 3.8) is 0 Å². The molecule has 1 rings (SSSR count). The molecule has 0 N–H and O–H groups in total. The highest BCUT2D eigenvalue weighted by Gasteiger charge is 2.57. The van der Waals surface area contributed by atoms with Gasteiger partial charge >= 0.3 is 5.97 Å². The van der Waals surface area contributed by atoms with Crippen molar-refractivity contribution >= 4 is 5.97 Å². The fourth-order valence-electron chi connectivity index (χ4n) is 1.21. The van der Waals surface area contributed by atoms with Gasteiger partial charge in [-0.2, -0.15) is 5.26 Å². The number of rotatable bonds is 1. The fourth-order valence-corrected chi connectivity index (χ4v) is 1.21. The van der Waals surface area contributed by atoms with Gasteiger partial charge in [-0.15, -0.1) is 0 Å². The van der Waals surface area contributed by atoms with Crippen LogP contribution in [-0.4, -0.2) is 11.6 Å². The molecule has 2 atom stereocenters. The molecule has 0 aliphatic heterocycles. The SMILES string of the molecule is CC(C)(C)OC(=O)[C@H]1C[C@]1(C)C#N. The number of hydrogen-bond donors (Lipinski definition) is 0. The van der Waals surface area contributed by atoms with E-state index < -0.39 is 11.0 Å². The molecule has 13 heavy (non-hydrogen) atoms. The van der Waals surface area contributed by atoms with E-state index >= 15 is 0 Å². The molecule has 3 nitrogen and oxygen atoms in total. The molecule has 1 aliphatic carbocycles. The van der Waals surface area contributed by atoms with Gasteiger partial charge in [-0.05, 0) is 34.1 Å². The van der Waals surface area contributed by atoms with Crippen LogP contribution >= 0.6 is 0 Å². The summed E-state index contributed by atoms with van der Waals surface area (Å²) in [6.07, 6.45) is 0.637. The van der Waals surface area contributed by atoms with Crippen LogP contribution in [0.3, 0.4) is 0 Å². The maximum absolute atomic E-state index is 11.4. The Balaban J connectivity index is 2.51. The minimum absolute atomic E-state index is 0.211. The summed E-state index contributed by atoms with van der Waals surface area (Å²) in [7, 11) is 0. The predicted octanol–water partition coefficient (Wildman–Crippen LogP) is 1.88. The van der Waals surface area contributed by atoms with E-state index in [9.17, 15) is 4.79 Å². The molecule has 0 bridgehead atoms. The van der Waals surface area contributed by atoms with Crippen molar-refractivity contribution in [2.24, 2.45) is 11.3 Å². The topological polar surface area (TPSA) is 50.1 Å². The summed E-state index contributed by atoms with van der Waals surface area (Å²) >= 11 is 0. The van der Waals surface area contributed by atoms with Crippen LogP contribution < -0.4 is 0 Å². The number of carbonyl (C=O) groups excluding carboxylic acids is 1. The second kappa shape index (κ2) is 2.73. The minimum atomic E-state index is -0.470. The van der Waals surface area contributed by atoms with E-state index in [4.69, 9.17) is 10.00 Å². The van der Waals surface area contributed by atoms with Crippen LogP contribution in [0.1, 0.15) is 34.1 Å². The summed E-state index contributed by atoms with van der Waals surface area (Å²) in [5.41, 5.74) is -0.918. The van der Waals surface area contributed by atoms with Crippen LogP contribution in [0.4, 0.5) is 0 Å². The molecule has 1 aliphatic rings. The lowest BCUT2D eigenvalue weighted by atomic mass is 10.1. The lowest BCUT2D eigenvalue weighted by Crippen LogP contribution is -2.25. The monoisotopic (exact) mass is 181 g/mol. The zero-order valence-corrected chi connectivity index (χ0v) is 8.55. The third kappa shape index (κ3) is 2.21. The molecule has 0 amide bonds. The van der Waals surface area contributed by atoms with Gasteiger partial charge in [0.15, 0.2) is 0 Å². The fraction of sp³-hybridized carbons (Fsp3) is 0.800. The second-order valence-electron chi connectivity index (χ2n) is 4.82. The molecule has 0 unspecified atom stereocenters. The highest BCUT2D eigenvalue weighted by molar-refractivity contribution is 5.78. The third-order valence-corrected chi connectivity index (χ3v) is 2.18. The van der Waals surface area contributed by atoms with Gasteiger partial charge in [0.05, 0.1) is 17.4 Å². The Morgan fingerprint density at radius 1 is 1.62 bits per heavy atom. The van der Waals surface area contributed by atoms with Crippen molar-refractivity contribution in [3.8, 4) is 6.07 Å². The first-order chi connectivity index (χ1) is 5.78. The highest BCUT2D eigenvalue weighted by atomic mass is 16.6. The molecule has 1 saturated carbocycles. The third-order valence-electron chi connectivity index (χ3n) is 2.18. The summed E-state index contributed by atoms with van der Waals surface area (Å²) in [5.74, 6) is -0.451. The van der Waals surface area contributed by atoms with Gasteiger partial charge in [0, 0.05) is 0 Å². The van der Waals surface area contributed by atoms with Crippen LogP contribution in [0.2, 0.25) is 0 Å². The first kappa shape index (κ1) is 10.0. The number of nitriles is 1. The Bertz CT molecular complexity index is 272. The number of nitrogens with zero attached hydrogens (tertiary/aromatic N) is 1. The summed E-state index contributed by atoms with van der Waals surface area (Å²) in [6.45, 7) is 7.28. The largest absolute Gasteiger partial charge is 0.460 e. The molecular formula is C10H15NO2. The molecule has 0 aromatic rings. The van der Waals surface area contributed by atoms with Crippen LogP contribution in [0.15, 0.2) is 0 Å². The van der Waals surface area contributed by atoms with Crippen LogP contribution in [0, 0.1) is 22.7 Å². The summed E-state index contributed by atoms with van der Waals surface area (Å²) in [5, 5.41) is 8.73. The maximum atomic E-state index is 11.4. The molecular weight excluding hydrogens is 166 g/mol. The Labute approximate surface area is 78.7 Å². The normalized spacial score (nSPS) is 32.1. The smallest absolute Gasteiger partial charge is 0.311 e. The van der Waals surface area contributed by atoms with E-state index in [1.807, 2.05) is 20.8 Å². The minimum Gasteiger partial charge on any atom is -0.460 e. The van der Waals surface area contributed by atoms with Crippen LogP contribution in [-0.2, 0) is 9.53 Å². The second-order valence-corrected chi connectivity index (χ2v) is 4.82. The van der Waals surface area contributed by atoms with Gasteiger partial charge in [-0.25, -0.2) is 0 Å². The van der Waals surface area contributed by atoms with Gasteiger partial charge in [0.25, 0.3) is 0 Å². The van der Waals surface area contributed by atoms with Gasteiger partial charge < -0.3 is 4.74 Å². The molecule has 72 valence electrons. The molecule has 0 aromatic heterocycles. The van der Waals surface area contributed by atoms with Crippen LogP contribution in [0.25, 0.3) is 0 Å². The first-order valence-electron chi connectivity index (χ1n) is 4.43. The lowest BCUT2D eigenvalue weighted by molar-refractivity contribution is -0.157. The highest BCUT2D eigenvalue weighted by Crippen LogP contribution is 2.52. The zero-order chi connectivity index (χ0) is 10.3. The number of esters is 1. The van der Waals surface area contributed by atoms with Crippen molar-refractivity contribution in [2.75, 3.05) is 0 Å².